The molecule has 0 atom stereocenters. The van der Waals surface area contributed by atoms with Gasteiger partial charge in [-0.15, -0.1) is 0 Å². The van der Waals surface area contributed by atoms with Gasteiger partial charge in [0.15, 0.2) is 5.78 Å². The van der Waals surface area contributed by atoms with E-state index in [0.29, 0.717) is 37.0 Å². The fourth-order valence-electron chi connectivity index (χ4n) is 6.83. The highest BCUT2D eigenvalue weighted by molar-refractivity contribution is 7.89. The van der Waals surface area contributed by atoms with E-state index in [1.807, 2.05) is 0 Å². The topological polar surface area (TPSA) is 106 Å². The van der Waals surface area contributed by atoms with Gasteiger partial charge >= 0.3 is 0 Å². The van der Waals surface area contributed by atoms with E-state index >= 15 is 0 Å². The highest BCUT2D eigenvalue weighted by Crippen LogP contribution is 2.57. The van der Waals surface area contributed by atoms with Gasteiger partial charge in [-0.1, -0.05) is 6.07 Å². The Labute approximate surface area is 176 Å². The Morgan fingerprint density at radius 2 is 1.73 bits per heavy atom. The van der Waals surface area contributed by atoms with Crippen LogP contribution in [0.5, 0.6) is 0 Å². The molecule has 5 aliphatic carbocycles. The summed E-state index contributed by atoms with van der Waals surface area (Å²) >= 11 is 0. The molecule has 5 aliphatic rings. The van der Waals surface area contributed by atoms with E-state index < -0.39 is 20.5 Å². The van der Waals surface area contributed by atoms with Gasteiger partial charge < -0.3 is 0 Å². The van der Waals surface area contributed by atoms with Gasteiger partial charge in [0.2, 0.25) is 10.0 Å². The minimum atomic E-state index is -4.02. The summed E-state index contributed by atoms with van der Waals surface area (Å²) in [6, 6.07) is 5.01. The predicted molar refractivity (Wildman–Crippen MR) is 110 cm³/mol. The molecule has 8 heteroatoms. The Morgan fingerprint density at radius 3 is 2.27 bits per heavy atom. The third-order valence-electron chi connectivity index (χ3n) is 8.25. The van der Waals surface area contributed by atoms with Crippen molar-refractivity contribution in [2.24, 2.45) is 29.6 Å². The Bertz CT molecular complexity index is 957. The zero-order chi connectivity index (χ0) is 21.1. The van der Waals surface area contributed by atoms with E-state index in [-0.39, 0.29) is 16.4 Å². The quantitative estimate of drug-likeness (QED) is 0.521. The van der Waals surface area contributed by atoms with Crippen LogP contribution in [0.15, 0.2) is 29.2 Å². The number of hydrogen-bond acceptors (Lipinski definition) is 5. The lowest BCUT2D eigenvalue weighted by Gasteiger charge is -2.55. The number of Topliss-reactive ketones (excluding diaryl/α,β-unsaturated/α-hetero) is 1. The Kier molecular flexibility index (Phi) is 4.78. The molecule has 6 rings (SSSR count). The normalized spacial score (nSPS) is 33.8. The number of nitro groups is 1. The molecule has 4 bridgehead atoms. The third-order valence-corrected chi connectivity index (χ3v) is 9.79. The Balaban J connectivity index is 1.33. The van der Waals surface area contributed by atoms with Crippen LogP contribution in [-0.2, 0) is 14.8 Å². The zero-order valence-corrected chi connectivity index (χ0v) is 17.8. The first-order chi connectivity index (χ1) is 14.3. The van der Waals surface area contributed by atoms with Crippen LogP contribution < -0.4 is 4.72 Å². The van der Waals surface area contributed by atoms with E-state index in [0.717, 1.165) is 24.3 Å². The number of carbonyl (C=O) groups excluding carboxylic acids is 1. The molecule has 0 aromatic heterocycles. The van der Waals surface area contributed by atoms with Crippen LogP contribution in [-0.4, -0.2) is 24.7 Å². The molecule has 0 unspecified atom stereocenters. The number of rotatable bonds is 7. The van der Waals surface area contributed by atoms with E-state index in [2.05, 4.69) is 4.72 Å². The van der Waals surface area contributed by atoms with Crippen molar-refractivity contribution in [3.8, 4) is 0 Å². The molecule has 5 saturated carbocycles. The van der Waals surface area contributed by atoms with Crippen LogP contribution >= 0.6 is 0 Å². The molecule has 162 valence electrons. The zero-order valence-electron chi connectivity index (χ0n) is 17.0. The van der Waals surface area contributed by atoms with Gasteiger partial charge in [-0.3, -0.25) is 14.9 Å². The van der Waals surface area contributed by atoms with Crippen LogP contribution in [0.4, 0.5) is 5.69 Å². The lowest BCUT2D eigenvalue weighted by Crippen LogP contribution is -2.60. The van der Waals surface area contributed by atoms with E-state index in [1.165, 1.54) is 50.3 Å². The van der Waals surface area contributed by atoms with Crippen LogP contribution in [0.1, 0.15) is 57.8 Å². The number of nitro benzene ring substituents is 1. The second kappa shape index (κ2) is 7.12. The monoisotopic (exact) mass is 432 g/mol. The first kappa shape index (κ1) is 20.1. The largest absolute Gasteiger partial charge is 0.298 e. The summed E-state index contributed by atoms with van der Waals surface area (Å²) in [5, 5.41) is 11.0. The number of carbonyl (C=O) groups is 1. The average molecular weight is 433 g/mol. The minimum Gasteiger partial charge on any atom is -0.298 e. The molecule has 7 nitrogen and oxygen atoms in total. The molecule has 0 radical (unpaired) electrons. The van der Waals surface area contributed by atoms with E-state index in [4.69, 9.17) is 0 Å². The predicted octanol–water partition coefficient (Wildman–Crippen LogP) is 3.83. The molecule has 1 aromatic rings. The van der Waals surface area contributed by atoms with Crippen molar-refractivity contribution in [3.05, 3.63) is 34.4 Å². The molecule has 5 fully saturated rings. The number of benzene rings is 1. The van der Waals surface area contributed by atoms with Crippen LogP contribution in [0.2, 0.25) is 0 Å². The number of sulfonamides is 1. The van der Waals surface area contributed by atoms with Crippen molar-refractivity contribution in [1.29, 1.82) is 0 Å². The highest BCUT2D eigenvalue weighted by atomic mass is 32.2. The van der Waals surface area contributed by atoms with Gasteiger partial charge in [0.25, 0.3) is 5.69 Å². The minimum absolute atomic E-state index is 0.0141. The van der Waals surface area contributed by atoms with E-state index in [9.17, 15) is 23.3 Å². The second-order valence-electron chi connectivity index (χ2n) is 10.0. The van der Waals surface area contributed by atoms with E-state index in [1.54, 1.807) is 0 Å². The van der Waals surface area contributed by atoms with Gasteiger partial charge in [0, 0.05) is 18.6 Å². The van der Waals surface area contributed by atoms with Crippen molar-refractivity contribution in [1.82, 2.24) is 4.72 Å². The summed E-state index contributed by atoms with van der Waals surface area (Å²) in [5.41, 5.74) is -1.32. The van der Waals surface area contributed by atoms with Gasteiger partial charge in [0.05, 0.1) is 15.4 Å². The summed E-state index contributed by atoms with van der Waals surface area (Å²) in [4.78, 5) is 23.6. The number of hydrogen-bond donors (Lipinski definition) is 1. The summed E-state index contributed by atoms with van der Waals surface area (Å²) in [6.07, 6.45) is 8.59. The third kappa shape index (κ3) is 3.38. The van der Waals surface area contributed by atoms with Crippen molar-refractivity contribution in [2.75, 3.05) is 0 Å². The number of nitrogens with one attached hydrogen (secondary N) is 1. The average Bonchev–Trinajstić information content (AvgIpc) is 2.67. The molecular weight excluding hydrogens is 404 g/mol. The van der Waals surface area contributed by atoms with Gasteiger partial charge in [-0.2, -0.15) is 4.72 Å². The molecule has 0 amide bonds. The number of ketones is 1. The van der Waals surface area contributed by atoms with Crippen molar-refractivity contribution >= 4 is 21.5 Å². The second-order valence-corrected chi connectivity index (χ2v) is 11.7. The summed E-state index contributed by atoms with van der Waals surface area (Å²) < 4.78 is 28.6. The molecule has 30 heavy (non-hydrogen) atoms. The first-order valence-electron chi connectivity index (χ1n) is 11.1. The molecule has 1 N–H and O–H groups in total. The fourth-order valence-corrected chi connectivity index (χ4v) is 8.31. The maximum Gasteiger partial charge on any atom is 0.270 e. The maximum absolute atomic E-state index is 13.4. The molecule has 0 aliphatic heterocycles. The summed E-state index contributed by atoms with van der Waals surface area (Å²) in [6.45, 7) is 0. The lowest BCUT2D eigenvalue weighted by molar-refractivity contribution is -0.385. The summed E-state index contributed by atoms with van der Waals surface area (Å²) in [5.74, 6) is 3.32. The van der Waals surface area contributed by atoms with Crippen LogP contribution in [0.3, 0.4) is 0 Å². The molecule has 0 heterocycles. The fraction of sp³-hybridized carbons (Fsp3) is 0.682. The van der Waals surface area contributed by atoms with Gasteiger partial charge in [-0.05, 0) is 87.0 Å². The lowest BCUT2D eigenvalue weighted by atomic mass is 9.50. The Morgan fingerprint density at radius 1 is 1.10 bits per heavy atom. The van der Waals surface area contributed by atoms with Crippen molar-refractivity contribution < 1.29 is 18.1 Å². The molecular formula is C22H28N2O5S. The standard InChI is InChI=1S/C22H28N2O5S/c25-21(13-20-16-8-14-7-15(10-16)11-17(20)9-14)22(5-2-6-22)23-30(28,29)19-4-1-3-18(12-19)24(26)27/h1,3-4,12,14-17,20,23H,2,5-11,13H2. The van der Waals surface area contributed by atoms with Crippen LogP contribution in [0.25, 0.3) is 0 Å². The smallest absolute Gasteiger partial charge is 0.270 e. The number of non-ortho nitro benzene ring substituents is 1. The molecule has 0 saturated heterocycles. The molecule has 0 spiro atoms. The number of nitrogens with zero attached hydrogens (tertiary/aromatic N) is 1. The SMILES string of the molecule is O=C(CC1C2CC3CC(C2)CC1C3)C1(NS(=O)(=O)c2cccc([N+](=O)[O-])c2)CCC1. The van der Waals surface area contributed by atoms with Crippen LogP contribution in [0, 0.1) is 39.7 Å². The van der Waals surface area contributed by atoms with Gasteiger partial charge in [-0.25, -0.2) is 8.42 Å². The maximum atomic E-state index is 13.4. The molecule has 1 aromatic carbocycles. The van der Waals surface area contributed by atoms with Crippen molar-refractivity contribution in [2.45, 2.75) is 68.2 Å². The van der Waals surface area contributed by atoms with Gasteiger partial charge in [0.1, 0.15) is 0 Å². The Hall–Kier alpha value is -1.80. The summed E-state index contributed by atoms with van der Waals surface area (Å²) in [7, 11) is -4.02. The van der Waals surface area contributed by atoms with Crippen molar-refractivity contribution in [3.63, 3.8) is 0 Å². The highest BCUT2D eigenvalue weighted by Gasteiger charge is 2.52. The first-order valence-corrected chi connectivity index (χ1v) is 12.6.